The summed E-state index contributed by atoms with van der Waals surface area (Å²) in [6, 6.07) is 8.11. The highest BCUT2D eigenvalue weighted by molar-refractivity contribution is 6.62. The Balaban J connectivity index is 2.13. The normalized spacial score (nSPS) is 18.7. The maximum atomic E-state index is 12.3. The van der Waals surface area contributed by atoms with Gasteiger partial charge in [0, 0.05) is 19.5 Å². The van der Waals surface area contributed by atoms with Crippen LogP contribution in [0.25, 0.3) is 0 Å². The summed E-state index contributed by atoms with van der Waals surface area (Å²) in [5, 5.41) is 0. The topological polar surface area (TPSA) is 38.8 Å². The van der Waals surface area contributed by atoms with E-state index in [0.29, 0.717) is 12.8 Å². The van der Waals surface area contributed by atoms with Crippen molar-refractivity contribution in [1.82, 2.24) is 4.90 Å². The largest absolute Gasteiger partial charge is 0.495 e. The van der Waals surface area contributed by atoms with Gasteiger partial charge >= 0.3 is 7.12 Å². The summed E-state index contributed by atoms with van der Waals surface area (Å²) in [4.78, 5) is 14.2. The molecule has 0 spiro atoms. The molecule has 0 saturated carbocycles. The van der Waals surface area contributed by atoms with Gasteiger partial charge in [-0.15, -0.1) is 0 Å². The molecule has 0 atom stereocenters. The molecule has 1 saturated heterocycles. The summed E-state index contributed by atoms with van der Waals surface area (Å²) in [7, 11) is -0.380. The van der Waals surface area contributed by atoms with Gasteiger partial charge in [0.05, 0.1) is 11.2 Å². The number of amides is 1. The van der Waals surface area contributed by atoms with Gasteiger partial charge in [-0.05, 0) is 59.0 Å². The average Bonchev–Trinajstić information content (AvgIpc) is 2.75. The van der Waals surface area contributed by atoms with Crippen LogP contribution >= 0.6 is 0 Å². The van der Waals surface area contributed by atoms with Gasteiger partial charge in [-0.1, -0.05) is 24.3 Å². The third-order valence-electron chi connectivity index (χ3n) is 5.29. The molecule has 0 N–H and O–H groups in total. The molecule has 24 heavy (non-hydrogen) atoms. The van der Waals surface area contributed by atoms with E-state index in [2.05, 4.69) is 33.8 Å². The van der Waals surface area contributed by atoms with Crippen molar-refractivity contribution in [3.05, 3.63) is 29.8 Å². The summed E-state index contributed by atoms with van der Waals surface area (Å²) in [6.07, 6.45) is 1.22. The van der Waals surface area contributed by atoms with Crippen LogP contribution in [0.2, 0.25) is 0 Å². The van der Waals surface area contributed by atoms with Gasteiger partial charge in [-0.25, -0.2) is 0 Å². The number of aryl methyl sites for hydroxylation is 1. The van der Waals surface area contributed by atoms with Crippen molar-refractivity contribution in [1.29, 1.82) is 0 Å². The molecule has 1 heterocycles. The maximum Gasteiger partial charge on any atom is 0.495 e. The van der Waals surface area contributed by atoms with E-state index in [9.17, 15) is 4.79 Å². The van der Waals surface area contributed by atoms with E-state index in [0.717, 1.165) is 24.1 Å². The first-order valence-corrected chi connectivity index (χ1v) is 8.93. The molecule has 0 unspecified atom stereocenters. The van der Waals surface area contributed by atoms with Gasteiger partial charge in [-0.3, -0.25) is 4.79 Å². The van der Waals surface area contributed by atoms with E-state index in [-0.39, 0.29) is 24.2 Å². The summed E-state index contributed by atoms with van der Waals surface area (Å²) in [5.74, 6) is 0.198. The van der Waals surface area contributed by atoms with Crippen molar-refractivity contribution < 1.29 is 14.1 Å². The fourth-order valence-corrected chi connectivity index (χ4v) is 2.94. The zero-order chi connectivity index (χ0) is 18.0. The van der Waals surface area contributed by atoms with Gasteiger partial charge in [0.15, 0.2) is 0 Å². The van der Waals surface area contributed by atoms with Crippen LogP contribution in [0.3, 0.4) is 0 Å². The predicted octanol–water partition coefficient (Wildman–Crippen LogP) is 2.79. The number of hydrogen-bond donors (Lipinski definition) is 0. The predicted molar refractivity (Wildman–Crippen MR) is 98.4 cm³/mol. The molecule has 1 aromatic carbocycles. The molecule has 0 aliphatic carbocycles. The minimum absolute atomic E-state index is 0.198. The van der Waals surface area contributed by atoms with E-state index < -0.39 is 0 Å². The van der Waals surface area contributed by atoms with Crippen molar-refractivity contribution in [3.63, 3.8) is 0 Å². The highest BCUT2D eigenvalue weighted by Gasteiger charge is 2.52. The Morgan fingerprint density at radius 1 is 1.04 bits per heavy atom. The number of carbonyl (C=O) groups excluding carboxylic acids is 1. The third-order valence-corrected chi connectivity index (χ3v) is 5.29. The van der Waals surface area contributed by atoms with Gasteiger partial charge in [0.2, 0.25) is 5.91 Å². The Labute approximate surface area is 146 Å². The lowest BCUT2D eigenvalue weighted by atomic mass is 9.75. The second-order valence-corrected chi connectivity index (χ2v) is 7.35. The summed E-state index contributed by atoms with van der Waals surface area (Å²) in [5.41, 5.74) is 1.43. The van der Waals surface area contributed by atoms with Crippen LogP contribution in [0.15, 0.2) is 24.3 Å². The smallest absolute Gasteiger partial charge is 0.399 e. The van der Waals surface area contributed by atoms with Gasteiger partial charge in [0.1, 0.15) is 0 Å². The maximum absolute atomic E-state index is 12.3. The molecule has 132 valence electrons. The van der Waals surface area contributed by atoms with Gasteiger partial charge in [0.25, 0.3) is 0 Å². The van der Waals surface area contributed by atoms with Crippen LogP contribution in [0, 0.1) is 0 Å². The minimum atomic E-state index is -0.380. The molecule has 1 aliphatic rings. The molecule has 0 aromatic heterocycles. The van der Waals surface area contributed by atoms with E-state index in [1.165, 1.54) is 0 Å². The molecule has 1 aliphatic heterocycles. The molecule has 4 nitrogen and oxygen atoms in total. The van der Waals surface area contributed by atoms with Crippen LogP contribution in [-0.2, 0) is 20.5 Å². The fourth-order valence-electron chi connectivity index (χ4n) is 2.94. The van der Waals surface area contributed by atoms with E-state index in [1.807, 2.05) is 36.9 Å². The van der Waals surface area contributed by atoms with Crippen LogP contribution in [0.5, 0.6) is 0 Å². The first-order valence-electron chi connectivity index (χ1n) is 8.93. The molecule has 5 heteroatoms. The molecule has 1 aromatic rings. The summed E-state index contributed by atoms with van der Waals surface area (Å²) < 4.78 is 12.3. The standard InChI is InChI=1S/C19H30BNO3/c1-7-21(8-2)17(22)14-13-15-11-9-10-12-16(15)20-23-18(3,4)19(5,6)24-20/h9-12H,7-8,13-14H2,1-6H3. The molecule has 0 radical (unpaired) electrons. The van der Waals surface area contributed by atoms with Crippen LogP contribution in [0.1, 0.15) is 53.5 Å². The Kier molecular flexibility index (Phi) is 5.76. The minimum Gasteiger partial charge on any atom is -0.399 e. The molecule has 1 amide bonds. The number of nitrogens with zero attached hydrogens (tertiary/aromatic N) is 1. The Morgan fingerprint density at radius 2 is 1.58 bits per heavy atom. The Bertz CT molecular complexity index is 566. The van der Waals surface area contributed by atoms with E-state index >= 15 is 0 Å². The van der Waals surface area contributed by atoms with Crippen LogP contribution < -0.4 is 5.46 Å². The first kappa shape index (κ1) is 19.0. The molecule has 2 rings (SSSR count). The highest BCUT2D eigenvalue weighted by atomic mass is 16.7. The van der Waals surface area contributed by atoms with Crippen molar-refractivity contribution in [3.8, 4) is 0 Å². The highest BCUT2D eigenvalue weighted by Crippen LogP contribution is 2.36. The third kappa shape index (κ3) is 3.84. The van der Waals surface area contributed by atoms with Gasteiger partial charge in [-0.2, -0.15) is 0 Å². The van der Waals surface area contributed by atoms with Crippen molar-refractivity contribution in [2.75, 3.05) is 13.1 Å². The van der Waals surface area contributed by atoms with Crippen LogP contribution in [-0.4, -0.2) is 42.2 Å². The lowest BCUT2D eigenvalue weighted by Crippen LogP contribution is -2.41. The van der Waals surface area contributed by atoms with Crippen molar-refractivity contribution in [2.45, 2.75) is 65.6 Å². The SMILES string of the molecule is CCN(CC)C(=O)CCc1ccccc1B1OC(C)(C)C(C)(C)O1. The van der Waals surface area contributed by atoms with Crippen LogP contribution in [0.4, 0.5) is 0 Å². The molecule has 0 bridgehead atoms. The monoisotopic (exact) mass is 331 g/mol. The quantitative estimate of drug-likeness (QED) is 0.753. The first-order chi connectivity index (χ1) is 11.2. The Morgan fingerprint density at radius 3 is 2.12 bits per heavy atom. The zero-order valence-electron chi connectivity index (χ0n) is 15.9. The van der Waals surface area contributed by atoms with Crippen molar-refractivity contribution >= 4 is 18.5 Å². The lowest BCUT2D eigenvalue weighted by molar-refractivity contribution is -0.130. The number of carbonyl (C=O) groups is 1. The lowest BCUT2D eigenvalue weighted by Gasteiger charge is -2.32. The number of rotatable bonds is 6. The molecular weight excluding hydrogens is 301 g/mol. The van der Waals surface area contributed by atoms with Crippen molar-refractivity contribution in [2.24, 2.45) is 0 Å². The fraction of sp³-hybridized carbons (Fsp3) is 0.632. The number of benzene rings is 1. The second kappa shape index (κ2) is 7.28. The summed E-state index contributed by atoms with van der Waals surface area (Å²) >= 11 is 0. The average molecular weight is 331 g/mol. The van der Waals surface area contributed by atoms with Gasteiger partial charge < -0.3 is 14.2 Å². The summed E-state index contributed by atoms with van der Waals surface area (Å²) in [6.45, 7) is 13.8. The van der Waals surface area contributed by atoms with E-state index in [4.69, 9.17) is 9.31 Å². The zero-order valence-corrected chi connectivity index (χ0v) is 15.9. The van der Waals surface area contributed by atoms with E-state index in [1.54, 1.807) is 0 Å². The number of hydrogen-bond acceptors (Lipinski definition) is 3. The second-order valence-electron chi connectivity index (χ2n) is 7.35. The Hall–Kier alpha value is -1.33. The molecule has 1 fully saturated rings. The molecular formula is C19H30BNO3.